The summed E-state index contributed by atoms with van der Waals surface area (Å²) in [5.41, 5.74) is 4.15. The van der Waals surface area contributed by atoms with E-state index in [1.807, 2.05) is 40.0 Å². The number of nitrogens with zero attached hydrogens (tertiary/aromatic N) is 2. The van der Waals surface area contributed by atoms with Gasteiger partial charge in [-0.05, 0) is 44.0 Å². The van der Waals surface area contributed by atoms with Crippen molar-refractivity contribution in [1.82, 2.24) is 9.78 Å². The number of aryl methyl sites for hydroxylation is 4. The minimum Gasteiger partial charge on any atom is -0.489 e. The van der Waals surface area contributed by atoms with Crippen LogP contribution in [0.2, 0.25) is 5.15 Å². The van der Waals surface area contributed by atoms with Gasteiger partial charge < -0.3 is 4.74 Å². The molecule has 0 saturated carbocycles. The summed E-state index contributed by atoms with van der Waals surface area (Å²) >= 11 is 9.73. The minimum absolute atomic E-state index is 0.430. The first-order valence-electron chi connectivity index (χ1n) is 5.97. The second-order valence-corrected chi connectivity index (χ2v) is 5.79. The summed E-state index contributed by atoms with van der Waals surface area (Å²) in [7, 11) is 1.83. The quantitative estimate of drug-likeness (QED) is 0.829. The zero-order chi connectivity index (χ0) is 14.2. The number of benzene rings is 1. The predicted octanol–water partition coefficient (Wildman–Crippen LogP) is 4.34. The smallest absolute Gasteiger partial charge is 0.133 e. The van der Waals surface area contributed by atoms with Crippen LogP contribution in [0.25, 0.3) is 0 Å². The Morgan fingerprint density at radius 3 is 2.32 bits per heavy atom. The Bertz CT molecular complexity index is 599. The number of hydrogen-bond donors (Lipinski definition) is 0. The van der Waals surface area contributed by atoms with E-state index in [0.717, 1.165) is 32.6 Å². The van der Waals surface area contributed by atoms with Gasteiger partial charge in [0.15, 0.2) is 0 Å². The summed E-state index contributed by atoms with van der Waals surface area (Å²) in [6.45, 7) is 6.46. The third kappa shape index (κ3) is 2.95. The molecule has 0 N–H and O–H groups in total. The lowest BCUT2D eigenvalue weighted by molar-refractivity contribution is 0.305. The predicted molar refractivity (Wildman–Crippen MR) is 80.9 cm³/mol. The highest BCUT2D eigenvalue weighted by atomic mass is 79.9. The van der Waals surface area contributed by atoms with Crippen molar-refractivity contribution in [3.05, 3.63) is 44.1 Å². The standard InChI is InChI=1S/C14H16BrClN2O/c1-8-5-11(6-9(2)13(8)15)19-7-12-10(3)17-18(4)14(12)16/h5-6H,7H2,1-4H3. The average molecular weight is 344 g/mol. The second-order valence-electron chi connectivity index (χ2n) is 4.64. The first-order chi connectivity index (χ1) is 8.90. The van der Waals surface area contributed by atoms with E-state index in [-0.39, 0.29) is 0 Å². The van der Waals surface area contributed by atoms with E-state index in [4.69, 9.17) is 16.3 Å². The van der Waals surface area contributed by atoms with Gasteiger partial charge in [-0.2, -0.15) is 5.10 Å². The Hall–Kier alpha value is -1.000. The lowest BCUT2D eigenvalue weighted by Crippen LogP contribution is -1.98. The Kier molecular flexibility index (Phi) is 4.21. The largest absolute Gasteiger partial charge is 0.489 e. The Morgan fingerprint density at radius 2 is 1.84 bits per heavy atom. The van der Waals surface area contributed by atoms with Crippen LogP contribution < -0.4 is 4.74 Å². The number of hydrogen-bond acceptors (Lipinski definition) is 2. The van der Waals surface area contributed by atoms with Crippen LogP contribution in [0.1, 0.15) is 22.4 Å². The maximum absolute atomic E-state index is 6.18. The van der Waals surface area contributed by atoms with Gasteiger partial charge >= 0.3 is 0 Å². The fourth-order valence-corrected chi connectivity index (χ4v) is 2.44. The molecule has 0 amide bonds. The van der Waals surface area contributed by atoms with Crippen molar-refractivity contribution in [2.24, 2.45) is 7.05 Å². The molecule has 0 atom stereocenters. The molecule has 3 nitrogen and oxygen atoms in total. The lowest BCUT2D eigenvalue weighted by Gasteiger charge is -2.10. The molecule has 0 aliphatic carbocycles. The molecule has 0 spiro atoms. The Balaban J connectivity index is 2.19. The van der Waals surface area contributed by atoms with Gasteiger partial charge in [0.05, 0.1) is 5.69 Å². The normalized spacial score (nSPS) is 10.8. The maximum atomic E-state index is 6.18. The summed E-state index contributed by atoms with van der Waals surface area (Å²) in [4.78, 5) is 0. The molecule has 0 bridgehead atoms. The number of rotatable bonds is 3. The Morgan fingerprint density at radius 1 is 1.26 bits per heavy atom. The van der Waals surface area contributed by atoms with Crippen molar-refractivity contribution in [3.63, 3.8) is 0 Å². The van der Waals surface area contributed by atoms with Gasteiger partial charge in [0.2, 0.25) is 0 Å². The molecular weight excluding hydrogens is 328 g/mol. The van der Waals surface area contributed by atoms with Crippen LogP contribution in [0, 0.1) is 20.8 Å². The molecule has 19 heavy (non-hydrogen) atoms. The maximum Gasteiger partial charge on any atom is 0.133 e. The van der Waals surface area contributed by atoms with E-state index in [0.29, 0.717) is 11.8 Å². The molecule has 0 radical (unpaired) electrons. The SMILES string of the molecule is Cc1cc(OCc2c(C)nn(C)c2Cl)cc(C)c1Br. The van der Waals surface area contributed by atoms with Crippen molar-refractivity contribution >= 4 is 27.5 Å². The lowest BCUT2D eigenvalue weighted by atomic mass is 10.1. The highest BCUT2D eigenvalue weighted by Gasteiger charge is 2.12. The minimum atomic E-state index is 0.430. The van der Waals surface area contributed by atoms with Crippen LogP contribution in [0.3, 0.4) is 0 Å². The van der Waals surface area contributed by atoms with Crippen molar-refractivity contribution in [3.8, 4) is 5.75 Å². The molecule has 5 heteroatoms. The highest BCUT2D eigenvalue weighted by molar-refractivity contribution is 9.10. The van der Waals surface area contributed by atoms with Gasteiger partial charge in [0, 0.05) is 17.1 Å². The fraction of sp³-hybridized carbons (Fsp3) is 0.357. The number of aromatic nitrogens is 2. The summed E-state index contributed by atoms with van der Waals surface area (Å²) in [6.07, 6.45) is 0. The van der Waals surface area contributed by atoms with E-state index in [2.05, 4.69) is 21.0 Å². The van der Waals surface area contributed by atoms with E-state index in [1.54, 1.807) is 4.68 Å². The van der Waals surface area contributed by atoms with Crippen LogP contribution in [0.15, 0.2) is 16.6 Å². The first kappa shape index (κ1) is 14.4. The second kappa shape index (κ2) is 5.55. The van der Waals surface area contributed by atoms with Gasteiger partial charge in [-0.25, -0.2) is 0 Å². The summed E-state index contributed by atoms with van der Waals surface area (Å²) in [5, 5.41) is 4.90. The molecule has 102 valence electrons. The van der Waals surface area contributed by atoms with Crippen LogP contribution in [-0.4, -0.2) is 9.78 Å². The molecule has 0 fully saturated rings. The van der Waals surface area contributed by atoms with Crippen LogP contribution in [-0.2, 0) is 13.7 Å². The van der Waals surface area contributed by atoms with Crippen LogP contribution in [0.4, 0.5) is 0 Å². The van der Waals surface area contributed by atoms with E-state index >= 15 is 0 Å². The summed E-state index contributed by atoms with van der Waals surface area (Å²) in [5.74, 6) is 0.845. The van der Waals surface area contributed by atoms with Crippen LogP contribution in [0.5, 0.6) is 5.75 Å². The topological polar surface area (TPSA) is 27.1 Å². The highest BCUT2D eigenvalue weighted by Crippen LogP contribution is 2.27. The van der Waals surface area contributed by atoms with Crippen molar-refractivity contribution in [2.75, 3.05) is 0 Å². The van der Waals surface area contributed by atoms with Gasteiger partial charge in [-0.15, -0.1) is 0 Å². The molecule has 1 heterocycles. The van der Waals surface area contributed by atoms with Gasteiger partial charge in [-0.1, -0.05) is 27.5 Å². The molecule has 1 aromatic heterocycles. The average Bonchev–Trinajstić information content (AvgIpc) is 2.58. The van der Waals surface area contributed by atoms with Crippen molar-refractivity contribution < 1.29 is 4.74 Å². The van der Waals surface area contributed by atoms with Crippen molar-refractivity contribution in [1.29, 1.82) is 0 Å². The monoisotopic (exact) mass is 342 g/mol. The molecule has 2 rings (SSSR count). The summed E-state index contributed by atoms with van der Waals surface area (Å²) < 4.78 is 8.61. The zero-order valence-electron chi connectivity index (χ0n) is 11.4. The first-order valence-corrected chi connectivity index (χ1v) is 7.14. The van der Waals surface area contributed by atoms with Gasteiger partial charge in [0.1, 0.15) is 17.5 Å². The number of ether oxygens (including phenoxy) is 1. The molecule has 1 aromatic carbocycles. The van der Waals surface area contributed by atoms with Crippen LogP contribution >= 0.6 is 27.5 Å². The van der Waals surface area contributed by atoms with E-state index in [9.17, 15) is 0 Å². The third-order valence-corrected chi connectivity index (χ3v) is 4.79. The van der Waals surface area contributed by atoms with Crippen molar-refractivity contribution in [2.45, 2.75) is 27.4 Å². The fourth-order valence-electron chi connectivity index (χ4n) is 1.98. The third-order valence-electron chi connectivity index (χ3n) is 3.06. The molecule has 0 aliphatic rings. The molecule has 0 unspecified atom stereocenters. The van der Waals surface area contributed by atoms with E-state index < -0.39 is 0 Å². The van der Waals surface area contributed by atoms with Gasteiger partial charge in [0.25, 0.3) is 0 Å². The zero-order valence-corrected chi connectivity index (χ0v) is 13.8. The molecule has 0 aliphatic heterocycles. The Labute approximate surface area is 126 Å². The molecule has 0 saturated heterocycles. The molecular formula is C14H16BrClN2O. The molecule has 2 aromatic rings. The van der Waals surface area contributed by atoms with E-state index in [1.165, 1.54) is 0 Å². The number of halogens is 2. The summed E-state index contributed by atoms with van der Waals surface area (Å²) in [6, 6.07) is 4.02. The van der Waals surface area contributed by atoms with Gasteiger partial charge in [-0.3, -0.25) is 4.68 Å².